The van der Waals surface area contributed by atoms with E-state index in [-0.39, 0.29) is 0 Å². The lowest BCUT2D eigenvalue weighted by molar-refractivity contribution is 0.479. The molecule has 0 unspecified atom stereocenters. The zero-order valence-electron chi connectivity index (χ0n) is 11.9. The van der Waals surface area contributed by atoms with Gasteiger partial charge in [0, 0.05) is 28.9 Å². The SMILES string of the molecule is Cc1n[nH]c(C)c1CN[C@H](c1ccc(Cl)cc1)C1CC1. The second-order valence-electron chi connectivity index (χ2n) is 5.66. The van der Waals surface area contributed by atoms with Crippen molar-refractivity contribution in [3.63, 3.8) is 0 Å². The maximum Gasteiger partial charge on any atom is 0.0638 e. The van der Waals surface area contributed by atoms with Gasteiger partial charge in [0.05, 0.1) is 5.69 Å². The molecule has 1 heterocycles. The van der Waals surface area contributed by atoms with Gasteiger partial charge in [-0.15, -0.1) is 0 Å². The molecule has 0 saturated heterocycles. The number of aromatic amines is 1. The maximum absolute atomic E-state index is 5.98. The third kappa shape index (κ3) is 2.89. The standard InChI is InChI=1S/C16H20ClN3/c1-10-15(11(2)20-19-10)9-18-16(12-3-4-12)13-5-7-14(17)8-6-13/h5-8,12,16,18H,3-4,9H2,1-2H3,(H,19,20)/t16-/m0/s1. The van der Waals surface area contributed by atoms with Crippen molar-refractivity contribution in [1.82, 2.24) is 15.5 Å². The van der Waals surface area contributed by atoms with Crippen LogP contribution in [0.15, 0.2) is 24.3 Å². The molecule has 3 rings (SSSR count). The summed E-state index contributed by atoms with van der Waals surface area (Å²) in [5.41, 5.74) is 4.85. The molecule has 1 saturated carbocycles. The monoisotopic (exact) mass is 289 g/mol. The molecular formula is C16H20ClN3. The Morgan fingerprint density at radius 2 is 2.00 bits per heavy atom. The molecule has 0 radical (unpaired) electrons. The third-order valence-corrected chi connectivity index (χ3v) is 4.35. The fourth-order valence-electron chi connectivity index (χ4n) is 2.70. The van der Waals surface area contributed by atoms with Crippen LogP contribution < -0.4 is 5.32 Å². The fraction of sp³-hybridized carbons (Fsp3) is 0.438. The molecule has 2 N–H and O–H groups in total. The van der Waals surface area contributed by atoms with Crippen LogP contribution in [0.5, 0.6) is 0 Å². The highest BCUT2D eigenvalue weighted by molar-refractivity contribution is 6.30. The molecule has 1 aliphatic carbocycles. The summed E-state index contributed by atoms with van der Waals surface area (Å²) in [6.07, 6.45) is 2.62. The Kier molecular flexibility index (Phi) is 3.81. The normalized spacial score (nSPS) is 16.4. The number of hydrogen-bond acceptors (Lipinski definition) is 2. The van der Waals surface area contributed by atoms with Crippen LogP contribution in [-0.2, 0) is 6.54 Å². The highest BCUT2D eigenvalue weighted by Crippen LogP contribution is 2.41. The van der Waals surface area contributed by atoms with Crippen molar-refractivity contribution in [3.05, 3.63) is 51.8 Å². The number of rotatable bonds is 5. The first kappa shape index (κ1) is 13.7. The fourth-order valence-corrected chi connectivity index (χ4v) is 2.83. The van der Waals surface area contributed by atoms with E-state index in [9.17, 15) is 0 Å². The molecule has 0 aliphatic heterocycles. The summed E-state index contributed by atoms with van der Waals surface area (Å²) in [5.74, 6) is 0.753. The van der Waals surface area contributed by atoms with Crippen LogP contribution in [0.25, 0.3) is 0 Å². The Hall–Kier alpha value is -1.32. The first-order valence-corrected chi connectivity index (χ1v) is 7.52. The summed E-state index contributed by atoms with van der Waals surface area (Å²) in [4.78, 5) is 0. The van der Waals surface area contributed by atoms with Crippen LogP contribution in [0.4, 0.5) is 0 Å². The summed E-state index contributed by atoms with van der Waals surface area (Å²) in [5, 5.41) is 11.8. The van der Waals surface area contributed by atoms with Crippen molar-refractivity contribution in [1.29, 1.82) is 0 Å². The van der Waals surface area contributed by atoms with Crippen molar-refractivity contribution in [2.45, 2.75) is 39.3 Å². The molecule has 2 aromatic rings. The summed E-state index contributed by atoms with van der Waals surface area (Å²) in [6, 6.07) is 8.63. The van der Waals surface area contributed by atoms with Crippen LogP contribution in [0.1, 0.15) is 41.4 Å². The van der Waals surface area contributed by atoms with Gasteiger partial charge in [0.15, 0.2) is 0 Å². The minimum atomic E-state index is 0.418. The van der Waals surface area contributed by atoms with Gasteiger partial charge < -0.3 is 5.32 Å². The lowest BCUT2D eigenvalue weighted by Crippen LogP contribution is -2.23. The van der Waals surface area contributed by atoms with E-state index in [2.05, 4.69) is 41.5 Å². The molecular weight excluding hydrogens is 270 g/mol. The molecule has 1 atom stereocenters. The number of nitrogens with one attached hydrogen (secondary N) is 2. The number of nitrogens with zero attached hydrogens (tertiary/aromatic N) is 1. The molecule has 1 aliphatic rings. The quantitative estimate of drug-likeness (QED) is 0.876. The number of halogens is 1. The van der Waals surface area contributed by atoms with E-state index in [1.54, 1.807) is 0 Å². The maximum atomic E-state index is 5.98. The molecule has 20 heavy (non-hydrogen) atoms. The van der Waals surface area contributed by atoms with Gasteiger partial charge in [0.1, 0.15) is 0 Å². The largest absolute Gasteiger partial charge is 0.305 e. The van der Waals surface area contributed by atoms with Crippen LogP contribution in [0.2, 0.25) is 5.02 Å². The highest BCUT2D eigenvalue weighted by Gasteiger charge is 2.32. The Labute approximate surface area is 124 Å². The van der Waals surface area contributed by atoms with Crippen LogP contribution in [0.3, 0.4) is 0 Å². The summed E-state index contributed by atoms with van der Waals surface area (Å²) < 4.78 is 0. The second-order valence-corrected chi connectivity index (χ2v) is 6.10. The minimum Gasteiger partial charge on any atom is -0.305 e. The average Bonchev–Trinajstić information content (AvgIpc) is 3.22. The smallest absolute Gasteiger partial charge is 0.0638 e. The van der Waals surface area contributed by atoms with E-state index in [0.29, 0.717) is 6.04 Å². The minimum absolute atomic E-state index is 0.418. The molecule has 106 valence electrons. The topological polar surface area (TPSA) is 40.7 Å². The molecule has 0 amide bonds. The highest BCUT2D eigenvalue weighted by atomic mass is 35.5. The predicted octanol–water partition coefficient (Wildman–Crippen LogP) is 3.92. The number of aromatic nitrogens is 2. The summed E-state index contributed by atoms with van der Waals surface area (Å²) in [7, 11) is 0. The zero-order chi connectivity index (χ0) is 14.1. The molecule has 0 bridgehead atoms. The first-order chi connectivity index (χ1) is 9.65. The number of hydrogen-bond donors (Lipinski definition) is 2. The van der Waals surface area contributed by atoms with Gasteiger partial charge in [-0.3, -0.25) is 5.10 Å². The third-order valence-electron chi connectivity index (χ3n) is 4.10. The van der Waals surface area contributed by atoms with Gasteiger partial charge in [-0.2, -0.15) is 5.10 Å². The Morgan fingerprint density at radius 3 is 2.55 bits per heavy atom. The van der Waals surface area contributed by atoms with Crippen molar-refractivity contribution in [3.8, 4) is 0 Å². The predicted molar refractivity (Wildman–Crippen MR) is 81.8 cm³/mol. The van der Waals surface area contributed by atoms with E-state index in [1.807, 2.05) is 12.1 Å². The first-order valence-electron chi connectivity index (χ1n) is 7.14. The Balaban J connectivity index is 1.74. The summed E-state index contributed by atoms with van der Waals surface area (Å²) in [6.45, 7) is 4.98. The van der Waals surface area contributed by atoms with Crippen LogP contribution in [-0.4, -0.2) is 10.2 Å². The number of benzene rings is 1. The summed E-state index contributed by atoms with van der Waals surface area (Å²) >= 11 is 5.98. The number of aryl methyl sites for hydroxylation is 2. The molecule has 1 fully saturated rings. The van der Waals surface area contributed by atoms with Gasteiger partial charge >= 0.3 is 0 Å². The van der Waals surface area contributed by atoms with Crippen LogP contribution in [0, 0.1) is 19.8 Å². The van der Waals surface area contributed by atoms with E-state index in [1.165, 1.54) is 24.0 Å². The molecule has 4 heteroatoms. The van der Waals surface area contributed by atoms with E-state index >= 15 is 0 Å². The zero-order valence-corrected chi connectivity index (χ0v) is 12.7. The van der Waals surface area contributed by atoms with Gasteiger partial charge in [0.2, 0.25) is 0 Å². The van der Waals surface area contributed by atoms with Crippen molar-refractivity contribution < 1.29 is 0 Å². The van der Waals surface area contributed by atoms with Gasteiger partial charge in [-0.1, -0.05) is 23.7 Å². The number of H-pyrrole nitrogens is 1. The molecule has 3 nitrogen and oxygen atoms in total. The van der Waals surface area contributed by atoms with Crippen molar-refractivity contribution in [2.75, 3.05) is 0 Å². The molecule has 0 spiro atoms. The van der Waals surface area contributed by atoms with Crippen molar-refractivity contribution in [2.24, 2.45) is 5.92 Å². The molecule has 1 aromatic carbocycles. The Bertz CT molecular complexity index is 565. The lowest BCUT2D eigenvalue weighted by atomic mass is 10.0. The van der Waals surface area contributed by atoms with Gasteiger partial charge in [-0.05, 0) is 50.3 Å². The average molecular weight is 290 g/mol. The molecule has 1 aromatic heterocycles. The van der Waals surface area contributed by atoms with Gasteiger partial charge in [0.25, 0.3) is 0 Å². The van der Waals surface area contributed by atoms with E-state index < -0.39 is 0 Å². The second kappa shape index (κ2) is 5.58. The van der Waals surface area contributed by atoms with E-state index in [4.69, 9.17) is 11.6 Å². The Morgan fingerprint density at radius 1 is 1.30 bits per heavy atom. The van der Waals surface area contributed by atoms with Crippen molar-refractivity contribution >= 4 is 11.6 Å². The van der Waals surface area contributed by atoms with Gasteiger partial charge in [-0.25, -0.2) is 0 Å². The van der Waals surface area contributed by atoms with Crippen LogP contribution >= 0.6 is 11.6 Å². The van der Waals surface area contributed by atoms with E-state index in [0.717, 1.165) is 28.9 Å². The lowest BCUT2D eigenvalue weighted by Gasteiger charge is -2.19.